The molecular weight excluding hydrogens is 282 g/mol. The molecule has 2 rings (SSSR count). The summed E-state index contributed by atoms with van der Waals surface area (Å²) < 4.78 is 0.984. The maximum absolute atomic E-state index is 12.1. The van der Waals surface area contributed by atoms with Crippen LogP contribution in [0.15, 0.2) is 28.7 Å². The SMILES string of the molecule is N#CCC1NCCN(c2ccc(Br)cc2)C1=O. The molecule has 0 spiro atoms. The zero-order valence-electron chi connectivity index (χ0n) is 9.19. The van der Waals surface area contributed by atoms with Gasteiger partial charge in [0.05, 0.1) is 12.5 Å². The van der Waals surface area contributed by atoms with Gasteiger partial charge in [-0.3, -0.25) is 4.79 Å². The molecule has 1 aliphatic heterocycles. The van der Waals surface area contributed by atoms with Gasteiger partial charge < -0.3 is 10.2 Å². The molecule has 1 heterocycles. The number of benzene rings is 1. The lowest BCUT2D eigenvalue weighted by molar-refractivity contribution is -0.121. The Bertz CT molecular complexity index is 452. The molecule has 0 aromatic heterocycles. The molecule has 1 fully saturated rings. The Hall–Kier alpha value is -1.38. The Balaban J connectivity index is 2.18. The first-order valence-electron chi connectivity index (χ1n) is 5.39. The van der Waals surface area contributed by atoms with Gasteiger partial charge in [-0.15, -0.1) is 0 Å². The molecule has 1 aromatic rings. The van der Waals surface area contributed by atoms with Crippen molar-refractivity contribution in [3.63, 3.8) is 0 Å². The van der Waals surface area contributed by atoms with Gasteiger partial charge in [-0.1, -0.05) is 15.9 Å². The minimum absolute atomic E-state index is 0.0277. The first-order valence-corrected chi connectivity index (χ1v) is 6.19. The second-order valence-corrected chi connectivity index (χ2v) is 4.75. The highest BCUT2D eigenvalue weighted by atomic mass is 79.9. The first kappa shape index (κ1) is 12.1. The van der Waals surface area contributed by atoms with Crippen molar-refractivity contribution in [2.75, 3.05) is 18.0 Å². The molecule has 1 aromatic carbocycles. The fourth-order valence-electron chi connectivity index (χ4n) is 1.86. The molecule has 0 saturated carbocycles. The normalized spacial score (nSPS) is 20.1. The number of halogens is 1. The van der Waals surface area contributed by atoms with Crippen LogP contribution in [0.25, 0.3) is 0 Å². The van der Waals surface area contributed by atoms with Crippen molar-refractivity contribution in [2.45, 2.75) is 12.5 Å². The van der Waals surface area contributed by atoms with Crippen LogP contribution in [-0.2, 0) is 4.79 Å². The van der Waals surface area contributed by atoms with Gasteiger partial charge in [-0.2, -0.15) is 5.26 Å². The van der Waals surface area contributed by atoms with Crippen molar-refractivity contribution in [1.29, 1.82) is 5.26 Å². The van der Waals surface area contributed by atoms with Gasteiger partial charge in [0.15, 0.2) is 0 Å². The number of nitrogens with one attached hydrogen (secondary N) is 1. The molecule has 1 saturated heterocycles. The van der Waals surface area contributed by atoms with E-state index in [4.69, 9.17) is 5.26 Å². The molecule has 1 N–H and O–H groups in total. The fourth-order valence-corrected chi connectivity index (χ4v) is 2.13. The van der Waals surface area contributed by atoms with Crippen LogP contribution in [0.1, 0.15) is 6.42 Å². The van der Waals surface area contributed by atoms with Crippen LogP contribution in [-0.4, -0.2) is 25.0 Å². The number of hydrogen-bond donors (Lipinski definition) is 1. The molecule has 4 nitrogen and oxygen atoms in total. The van der Waals surface area contributed by atoms with E-state index in [0.717, 1.165) is 10.2 Å². The molecule has 0 bridgehead atoms. The van der Waals surface area contributed by atoms with Gasteiger partial charge in [-0.25, -0.2) is 0 Å². The monoisotopic (exact) mass is 293 g/mol. The predicted octanol–water partition coefficient (Wildman–Crippen LogP) is 1.67. The van der Waals surface area contributed by atoms with Gasteiger partial charge in [0.25, 0.3) is 0 Å². The lowest BCUT2D eigenvalue weighted by Gasteiger charge is -2.32. The molecule has 1 amide bonds. The molecule has 0 aliphatic carbocycles. The van der Waals surface area contributed by atoms with Gasteiger partial charge in [0, 0.05) is 23.2 Å². The van der Waals surface area contributed by atoms with Crippen molar-refractivity contribution in [2.24, 2.45) is 0 Å². The summed E-state index contributed by atoms with van der Waals surface area (Å²) in [6.45, 7) is 1.36. The van der Waals surface area contributed by atoms with E-state index >= 15 is 0 Å². The minimum Gasteiger partial charge on any atom is -0.310 e. The van der Waals surface area contributed by atoms with Crippen LogP contribution in [0.4, 0.5) is 5.69 Å². The van der Waals surface area contributed by atoms with E-state index in [-0.39, 0.29) is 18.4 Å². The van der Waals surface area contributed by atoms with E-state index in [1.54, 1.807) is 4.90 Å². The maximum Gasteiger partial charge on any atom is 0.245 e. The second kappa shape index (κ2) is 5.30. The van der Waals surface area contributed by atoms with Crippen LogP contribution in [0.3, 0.4) is 0 Å². The van der Waals surface area contributed by atoms with E-state index in [2.05, 4.69) is 21.2 Å². The van der Waals surface area contributed by atoms with E-state index in [9.17, 15) is 4.79 Å². The standard InChI is InChI=1S/C12H12BrN3O/c13-9-1-3-10(4-2-9)16-8-7-15-11(5-6-14)12(16)17/h1-4,11,15H,5,7-8H2. The third-order valence-electron chi connectivity index (χ3n) is 2.72. The molecule has 1 aliphatic rings. The quantitative estimate of drug-likeness (QED) is 0.902. The third kappa shape index (κ3) is 2.65. The number of anilines is 1. The Morgan fingerprint density at radius 1 is 1.47 bits per heavy atom. The molecule has 5 heteroatoms. The van der Waals surface area contributed by atoms with Gasteiger partial charge in [0.1, 0.15) is 6.04 Å². The lowest BCUT2D eigenvalue weighted by Crippen LogP contribution is -2.55. The van der Waals surface area contributed by atoms with E-state index < -0.39 is 0 Å². The summed E-state index contributed by atoms with van der Waals surface area (Å²) in [4.78, 5) is 13.8. The highest BCUT2D eigenvalue weighted by Gasteiger charge is 2.28. The summed E-state index contributed by atoms with van der Waals surface area (Å²) in [7, 11) is 0. The lowest BCUT2D eigenvalue weighted by atomic mass is 10.1. The highest BCUT2D eigenvalue weighted by molar-refractivity contribution is 9.10. The van der Waals surface area contributed by atoms with Crippen molar-refractivity contribution >= 4 is 27.5 Å². The van der Waals surface area contributed by atoms with E-state index in [0.29, 0.717) is 13.1 Å². The molecular formula is C12H12BrN3O. The van der Waals surface area contributed by atoms with Gasteiger partial charge in [0.2, 0.25) is 5.91 Å². The number of nitrogens with zero attached hydrogens (tertiary/aromatic N) is 2. The predicted molar refractivity (Wildman–Crippen MR) is 68.5 cm³/mol. The number of hydrogen-bond acceptors (Lipinski definition) is 3. The van der Waals surface area contributed by atoms with Gasteiger partial charge in [-0.05, 0) is 24.3 Å². The van der Waals surface area contributed by atoms with Crippen LogP contribution in [0.2, 0.25) is 0 Å². The molecule has 1 unspecified atom stereocenters. The number of nitriles is 1. The second-order valence-electron chi connectivity index (χ2n) is 3.84. The maximum atomic E-state index is 12.1. The summed E-state index contributed by atoms with van der Waals surface area (Å²) >= 11 is 3.36. The number of rotatable bonds is 2. The number of carbonyl (C=O) groups is 1. The van der Waals surface area contributed by atoms with Crippen molar-refractivity contribution in [3.8, 4) is 6.07 Å². The van der Waals surface area contributed by atoms with E-state index in [1.807, 2.05) is 30.3 Å². The summed E-state index contributed by atoms with van der Waals surface area (Å²) in [5.74, 6) is -0.0277. The van der Waals surface area contributed by atoms with Crippen LogP contribution < -0.4 is 10.2 Å². The Labute approximate surface area is 108 Å². The molecule has 88 valence electrons. The Morgan fingerprint density at radius 2 is 2.18 bits per heavy atom. The Morgan fingerprint density at radius 3 is 2.82 bits per heavy atom. The third-order valence-corrected chi connectivity index (χ3v) is 3.25. The van der Waals surface area contributed by atoms with Crippen LogP contribution >= 0.6 is 15.9 Å². The van der Waals surface area contributed by atoms with Crippen LogP contribution in [0.5, 0.6) is 0 Å². The summed E-state index contributed by atoms with van der Waals surface area (Å²) in [5.41, 5.74) is 0.877. The molecule has 0 radical (unpaired) electrons. The average molecular weight is 294 g/mol. The average Bonchev–Trinajstić information content (AvgIpc) is 2.34. The van der Waals surface area contributed by atoms with Crippen molar-refractivity contribution < 1.29 is 4.79 Å². The highest BCUT2D eigenvalue weighted by Crippen LogP contribution is 2.20. The topological polar surface area (TPSA) is 56.1 Å². The fraction of sp³-hybridized carbons (Fsp3) is 0.333. The zero-order valence-corrected chi connectivity index (χ0v) is 10.8. The zero-order chi connectivity index (χ0) is 12.3. The molecule has 17 heavy (non-hydrogen) atoms. The first-order chi connectivity index (χ1) is 8.22. The number of carbonyl (C=O) groups excluding carboxylic acids is 1. The van der Waals surface area contributed by atoms with Crippen molar-refractivity contribution in [1.82, 2.24) is 5.32 Å². The van der Waals surface area contributed by atoms with Crippen LogP contribution in [0, 0.1) is 11.3 Å². The minimum atomic E-state index is -0.377. The summed E-state index contributed by atoms with van der Waals surface area (Å²) in [5, 5.41) is 11.7. The Kier molecular flexibility index (Phi) is 3.77. The number of piperazine rings is 1. The number of amides is 1. The largest absolute Gasteiger partial charge is 0.310 e. The van der Waals surface area contributed by atoms with Gasteiger partial charge >= 0.3 is 0 Å². The molecule has 1 atom stereocenters. The van der Waals surface area contributed by atoms with Crippen molar-refractivity contribution in [3.05, 3.63) is 28.7 Å². The van der Waals surface area contributed by atoms with E-state index in [1.165, 1.54) is 0 Å². The smallest absolute Gasteiger partial charge is 0.245 e. The summed E-state index contributed by atoms with van der Waals surface area (Å²) in [6, 6.07) is 9.27. The summed E-state index contributed by atoms with van der Waals surface area (Å²) in [6.07, 6.45) is 0.214.